The third kappa shape index (κ3) is 3.24. The van der Waals surface area contributed by atoms with E-state index in [4.69, 9.17) is 11.6 Å². The van der Waals surface area contributed by atoms with Crippen molar-refractivity contribution in [3.63, 3.8) is 0 Å². The van der Waals surface area contributed by atoms with Crippen molar-refractivity contribution < 1.29 is 4.79 Å². The first kappa shape index (κ1) is 13.8. The lowest BCUT2D eigenvalue weighted by molar-refractivity contribution is 0.0759. The van der Waals surface area contributed by atoms with Crippen LogP contribution in [0.5, 0.6) is 0 Å². The van der Waals surface area contributed by atoms with Crippen LogP contribution in [0, 0.1) is 0 Å². The second-order valence-electron chi connectivity index (χ2n) is 4.32. The van der Waals surface area contributed by atoms with Crippen LogP contribution in [-0.4, -0.2) is 34.8 Å². The summed E-state index contributed by atoms with van der Waals surface area (Å²) in [5.74, 6) is 0.535. The lowest BCUT2D eigenvalue weighted by atomic mass is 10.2. The Labute approximate surface area is 118 Å². The van der Waals surface area contributed by atoms with Crippen LogP contribution in [0.3, 0.4) is 0 Å². The first-order valence-electron chi connectivity index (χ1n) is 6.47. The number of halogens is 1. The molecule has 0 radical (unpaired) electrons. The van der Waals surface area contributed by atoms with E-state index in [0.717, 1.165) is 17.3 Å². The van der Waals surface area contributed by atoms with Crippen molar-refractivity contribution in [2.75, 3.05) is 19.0 Å². The molecule has 2 rings (SSSR count). The standard InChI is InChI=1S/C15H17ClN2O/c1-2-18(11-5-10-16)15(19)14-9-8-12-6-3-4-7-13(12)17-14/h3-4,6-9H,2,5,10-11H2,1H3. The highest BCUT2D eigenvalue weighted by atomic mass is 35.5. The number of benzene rings is 1. The number of rotatable bonds is 5. The molecule has 0 fully saturated rings. The van der Waals surface area contributed by atoms with Gasteiger partial charge in [-0.2, -0.15) is 0 Å². The fourth-order valence-electron chi connectivity index (χ4n) is 2.00. The van der Waals surface area contributed by atoms with Gasteiger partial charge in [0.05, 0.1) is 5.52 Å². The molecule has 0 spiro atoms. The van der Waals surface area contributed by atoms with Crippen molar-refractivity contribution in [1.29, 1.82) is 0 Å². The summed E-state index contributed by atoms with van der Waals surface area (Å²) in [6.45, 7) is 3.31. The predicted molar refractivity (Wildman–Crippen MR) is 78.7 cm³/mol. The lowest BCUT2D eigenvalue weighted by Crippen LogP contribution is -2.32. The van der Waals surface area contributed by atoms with Crippen molar-refractivity contribution in [1.82, 2.24) is 9.88 Å². The zero-order chi connectivity index (χ0) is 13.7. The average Bonchev–Trinajstić information content (AvgIpc) is 2.47. The van der Waals surface area contributed by atoms with Crippen LogP contribution < -0.4 is 0 Å². The summed E-state index contributed by atoms with van der Waals surface area (Å²) in [5.41, 5.74) is 1.34. The Morgan fingerprint density at radius 1 is 1.26 bits per heavy atom. The number of para-hydroxylation sites is 1. The van der Waals surface area contributed by atoms with Gasteiger partial charge >= 0.3 is 0 Å². The number of pyridine rings is 1. The molecule has 0 N–H and O–H groups in total. The number of alkyl halides is 1. The molecule has 3 nitrogen and oxygen atoms in total. The van der Waals surface area contributed by atoms with E-state index in [0.29, 0.717) is 24.7 Å². The Morgan fingerprint density at radius 2 is 2.05 bits per heavy atom. The third-order valence-electron chi connectivity index (χ3n) is 3.05. The van der Waals surface area contributed by atoms with Crippen LogP contribution in [0.15, 0.2) is 36.4 Å². The number of hydrogen-bond donors (Lipinski definition) is 0. The van der Waals surface area contributed by atoms with E-state index in [2.05, 4.69) is 4.98 Å². The molecule has 0 aliphatic rings. The second-order valence-corrected chi connectivity index (χ2v) is 4.69. The smallest absolute Gasteiger partial charge is 0.272 e. The van der Waals surface area contributed by atoms with Crippen LogP contribution >= 0.6 is 11.6 Å². The number of carbonyl (C=O) groups excluding carboxylic acids is 1. The Morgan fingerprint density at radius 3 is 2.79 bits per heavy atom. The summed E-state index contributed by atoms with van der Waals surface area (Å²) < 4.78 is 0. The van der Waals surface area contributed by atoms with E-state index in [1.807, 2.05) is 37.3 Å². The van der Waals surface area contributed by atoms with Crippen molar-refractivity contribution in [3.8, 4) is 0 Å². The molecule has 4 heteroatoms. The van der Waals surface area contributed by atoms with E-state index < -0.39 is 0 Å². The first-order chi connectivity index (χ1) is 9.26. The molecule has 0 atom stereocenters. The average molecular weight is 277 g/mol. The minimum Gasteiger partial charge on any atom is -0.338 e. The van der Waals surface area contributed by atoms with Crippen LogP contribution in [0.25, 0.3) is 10.9 Å². The topological polar surface area (TPSA) is 33.2 Å². The number of aromatic nitrogens is 1. The maximum atomic E-state index is 12.3. The molecule has 100 valence electrons. The quantitative estimate of drug-likeness (QED) is 0.785. The molecule has 0 aliphatic carbocycles. The molecule has 19 heavy (non-hydrogen) atoms. The van der Waals surface area contributed by atoms with E-state index >= 15 is 0 Å². The Balaban J connectivity index is 2.24. The lowest BCUT2D eigenvalue weighted by Gasteiger charge is -2.20. The van der Waals surface area contributed by atoms with Gasteiger partial charge in [-0.05, 0) is 25.5 Å². The van der Waals surface area contributed by atoms with Crippen molar-refractivity contribution in [2.45, 2.75) is 13.3 Å². The maximum Gasteiger partial charge on any atom is 0.272 e. The van der Waals surface area contributed by atoms with E-state index in [1.165, 1.54) is 0 Å². The van der Waals surface area contributed by atoms with E-state index in [-0.39, 0.29) is 5.91 Å². The fraction of sp³-hybridized carbons (Fsp3) is 0.333. The zero-order valence-electron chi connectivity index (χ0n) is 11.0. The van der Waals surface area contributed by atoms with Gasteiger partial charge in [-0.1, -0.05) is 24.3 Å². The number of fused-ring (bicyclic) bond motifs is 1. The van der Waals surface area contributed by atoms with Crippen molar-refractivity contribution in [3.05, 3.63) is 42.1 Å². The van der Waals surface area contributed by atoms with Gasteiger partial charge in [0, 0.05) is 24.4 Å². The van der Waals surface area contributed by atoms with Gasteiger partial charge in [0.15, 0.2) is 0 Å². The van der Waals surface area contributed by atoms with Crippen LogP contribution in [-0.2, 0) is 0 Å². The van der Waals surface area contributed by atoms with Crippen molar-refractivity contribution >= 4 is 28.4 Å². The zero-order valence-corrected chi connectivity index (χ0v) is 11.7. The highest BCUT2D eigenvalue weighted by Crippen LogP contribution is 2.13. The second kappa shape index (κ2) is 6.53. The van der Waals surface area contributed by atoms with Gasteiger partial charge < -0.3 is 4.90 Å². The molecule has 2 aromatic rings. The molecule has 0 bridgehead atoms. The SMILES string of the molecule is CCN(CCCCl)C(=O)c1ccc2ccccc2n1. The van der Waals surface area contributed by atoms with Crippen LogP contribution in [0.1, 0.15) is 23.8 Å². The van der Waals surface area contributed by atoms with Crippen LogP contribution in [0.2, 0.25) is 0 Å². The molecule has 0 aliphatic heterocycles. The highest BCUT2D eigenvalue weighted by Gasteiger charge is 2.15. The third-order valence-corrected chi connectivity index (χ3v) is 3.32. The summed E-state index contributed by atoms with van der Waals surface area (Å²) in [5, 5.41) is 1.04. The Hall–Kier alpha value is -1.61. The minimum atomic E-state index is -0.0293. The molecule has 0 saturated carbocycles. The number of carbonyl (C=O) groups is 1. The largest absolute Gasteiger partial charge is 0.338 e. The number of amides is 1. The molecule has 0 saturated heterocycles. The van der Waals surface area contributed by atoms with Crippen LogP contribution in [0.4, 0.5) is 0 Å². The highest BCUT2D eigenvalue weighted by molar-refractivity contribution is 6.17. The van der Waals surface area contributed by atoms with Gasteiger partial charge in [0.2, 0.25) is 0 Å². The first-order valence-corrected chi connectivity index (χ1v) is 7.00. The monoisotopic (exact) mass is 276 g/mol. The molecular weight excluding hydrogens is 260 g/mol. The predicted octanol–water partition coefficient (Wildman–Crippen LogP) is 3.33. The molecular formula is C15H17ClN2O. The van der Waals surface area contributed by atoms with Crippen molar-refractivity contribution in [2.24, 2.45) is 0 Å². The summed E-state index contributed by atoms with van der Waals surface area (Å²) in [7, 11) is 0. The molecule has 1 aromatic heterocycles. The molecule has 1 heterocycles. The van der Waals surface area contributed by atoms with E-state index in [9.17, 15) is 4.79 Å². The molecule has 0 unspecified atom stereocenters. The number of hydrogen-bond acceptors (Lipinski definition) is 2. The van der Waals surface area contributed by atoms with Gasteiger partial charge in [0.25, 0.3) is 5.91 Å². The summed E-state index contributed by atoms with van der Waals surface area (Å²) >= 11 is 5.68. The van der Waals surface area contributed by atoms with E-state index in [1.54, 1.807) is 11.0 Å². The fourth-order valence-corrected chi connectivity index (χ4v) is 2.12. The Bertz CT molecular complexity index is 571. The van der Waals surface area contributed by atoms with Gasteiger partial charge in [-0.15, -0.1) is 11.6 Å². The number of nitrogens with zero attached hydrogens (tertiary/aromatic N) is 2. The summed E-state index contributed by atoms with van der Waals surface area (Å²) in [4.78, 5) is 18.6. The van der Waals surface area contributed by atoms with Gasteiger partial charge in [-0.3, -0.25) is 4.79 Å². The Kier molecular flexibility index (Phi) is 4.74. The maximum absolute atomic E-state index is 12.3. The minimum absolute atomic E-state index is 0.0293. The molecule has 1 aromatic carbocycles. The summed E-state index contributed by atoms with van der Waals surface area (Å²) in [6, 6.07) is 11.5. The molecule has 1 amide bonds. The van der Waals surface area contributed by atoms with Gasteiger partial charge in [0.1, 0.15) is 5.69 Å². The normalized spacial score (nSPS) is 10.6. The summed E-state index contributed by atoms with van der Waals surface area (Å²) in [6.07, 6.45) is 0.800. The van der Waals surface area contributed by atoms with Gasteiger partial charge in [-0.25, -0.2) is 4.98 Å².